The van der Waals surface area contributed by atoms with Gasteiger partial charge in [-0.05, 0) is 110 Å². The minimum absolute atomic E-state index is 0.929. The summed E-state index contributed by atoms with van der Waals surface area (Å²) < 4.78 is 0. The zero-order valence-corrected chi connectivity index (χ0v) is 32.0. The van der Waals surface area contributed by atoms with Crippen LogP contribution in [0.5, 0.6) is 0 Å². The van der Waals surface area contributed by atoms with Gasteiger partial charge in [0.05, 0.1) is 0 Å². The molecule has 0 bridgehead atoms. The highest BCUT2D eigenvalue weighted by molar-refractivity contribution is 7.98. The molecule has 0 heterocycles. The van der Waals surface area contributed by atoms with Gasteiger partial charge in [-0.2, -0.15) is 0 Å². The molecule has 7 aromatic carbocycles. The molecule has 0 unspecified atom stereocenters. The van der Waals surface area contributed by atoms with Gasteiger partial charge in [0.2, 0.25) is 0 Å². The van der Waals surface area contributed by atoms with E-state index in [0.29, 0.717) is 0 Å². The van der Waals surface area contributed by atoms with E-state index < -0.39 is 0 Å². The van der Waals surface area contributed by atoms with Crippen molar-refractivity contribution in [3.8, 4) is 44.5 Å². The van der Waals surface area contributed by atoms with Crippen molar-refractivity contribution in [2.24, 2.45) is 0 Å². The SMILES string of the molecule is C=C.C=C/C(=C\C)c1cccc(-c2ccc(-c3ccc(-c4ccc(SC)c(-c5ccccc5C=N)c4)cc3)cc2)c1.c1ccc(Cc2ccccc2)cc1. The predicted molar refractivity (Wildman–Crippen MR) is 239 cm³/mol. The number of benzene rings is 7. The number of allylic oxidation sites excluding steroid dienone is 3. The molecule has 0 atom stereocenters. The lowest BCUT2D eigenvalue weighted by molar-refractivity contribution is 1.19. The van der Waals surface area contributed by atoms with E-state index in [0.717, 1.165) is 28.7 Å². The van der Waals surface area contributed by atoms with Crippen LogP contribution in [0, 0.1) is 5.41 Å². The molecule has 0 aliphatic rings. The van der Waals surface area contributed by atoms with E-state index in [-0.39, 0.29) is 0 Å². The Hall–Kier alpha value is -6.22. The van der Waals surface area contributed by atoms with Gasteiger partial charge in [-0.1, -0.05) is 176 Å². The third-order valence-electron chi connectivity index (χ3n) is 9.20. The maximum absolute atomic E-state index is 7.85. The van der Waals surface area contributed by atoms with Gasteiger partial charge in [-0.25, -0.2) is 0 Å². The van der Waals surface area contributed by atoms with Crippen LogP contribution < -0.4 is 0 Å². The van der Waals surface area contributed by atoms with Gasteiger partial charge in [0.25, 0.3) is 0 Å². The van der Waals surface area contributed by atoms with Gasteiger partial charge in [0.1, 0.15) is 0 Å². The quantitative estimate of drug-likeness (QED) is 0.0647. The molecule has 0 aliphatic heterocycles. The Balaban J connectivity index is 0.000000312. The highest BCUT2D eigenvalue weighted by Crippen LogP contribution is 2.36. The number of thioether (sulfide) groups is 1. The van der Waals surface area contributed by atoms with Crippen LogP contribution in [0.3, 0.4) is 0 Å². The van der Waals surface area contributed by atoms with E-state index >= 15 is 0 Å². The Kier molecular flexibility index (Phi) is 14.5. The van der Waals surface area contributed by atoms with Crippen molar-refractivity contribution in [1.29, 1.82) is 5.41 Å². The van der Waals surface area contributed by atoms with Crippen LogP contribution in [0.25, 0.3) is 50.1 Å². The lowest BCUT2D eigenvalue weighted by Gasteiger charge is -2.13. The van der Waals surface area contributed by atoms with Crippen molar-refractivity contribution >= 4 is 23.5 Å². The first-order valence-electron chi connectivity index (χ1n) is 18.1. The van der Waals surface area contributed by atoms with E-state index in [9.17, 15) is 0 Å². The molecule has 2 heteroatoms. The molecule has 0 aliphatic carbocycles. The van der Waals surface area contributed by atoms with Crippen molar-refractivity contribution in [3.05, 3.63) is 230 Å². The molecule has 7 rings (SSSR count). The molecule has 0 spiro atoms. The molecule has 0 saturated carbocycles. The summed E-state index contributed by atoms with van der Waals surface area (Å²) in [6.07, 6.45) is 8.55. The first kappa shape index (κ1) is 39.0. The molecular formula is C52H47NS. The van der Waals surface area contributed by atoms with E-state index in [1.807, 2.05) is 31.2 Å². The summed E-state index contributed by atoms with van der Waals surface area (Å²) in [7, 11) is 0. The summed E-state index contributed by atoms with van der Waals surface area (Å²) in [5, 5.41) is 7.85. The molecule has 0 amide bonds. The Labute approximate surface area is 326 Å². The molecular weight excluding hydrogens is 671 g/mol. The summed E-state index contributed by atoms with van der Waals surface area (Å²) in [5.74, 6) is 0. The zero-order valence-electron chi connectivity index (χ0n) is 31.2. The van der Waals surface area contributed by atoms with Crippen LogP contribution in [0.15, 0.2) is 213 Å². The topological polar surface area (TPSA) is 23.9 Å². The van der Waals surface area contributed by atoms with Crippen molar-refractivity contribution in [3.63, 3.8) is 0 Å². The average Bonchev–Trinajstić information content (AvgIpc) is 3.26. The fourth-order valence-corrected chi connectivity index (χ4v) is 6.98. The fraction of sp³-hybridized carbons (Fsp3) is 0.0577. The van der Waals surface area contributed by atoms with Crippen LogP contribution in [0.2, 0.25) is 0 Å². The largest absolute Gasteiger partial charge is 0.308 e. The van der Waals surface area contributed by atoms with Crippen molar-refractivity contribution in [2.45, 2.75) is 18.2 Å². The molecule has 0 radical (unpaired) electrons. The van der Waals surface area contributed by atoms with Gasteiger partial charge in [-0.15, -0.1) is 24.9 Å². The smallest absolute Gasteiger partial charge is 0.0256 e. The Morgan fingerprint density at radius 1 is 0.537 bits per heavy atom. The van der Waals surface area contributed by atoms with E-state index in [1.54, 1.807) is 11.8 Å². The van der Waals surface area contributed by atoms with Crippen LogP contribution >= 0.6 is 11.8 Å². The van der Waals surface area contributed by atoms with Crippen LogP contribution in [0.4, 0.5) is 0 Å². The predicted octanol–water partition coefficient (Wildman–Crippen LogP) is 14.7. The van der Waals surface area contributed by atoms with Gasteiger partial charge >= 0.3 is 0 Å². The molecule has 0 saturated heterocycles. The van der Waals surface area contributed by atoms with Crippen molar-refractivity contribution < 1.29 is 0 Å². The molecule has 266 valence electrons. The Morgan fingerprint density at radius 3 is 1.52 bits per heavy atom. The second-order valence-electron chi connectivity index (χ2n) is 12.5. The summed E-state index contributed by atoms with van der Waals surface area (Å²) in [6, 6.07) is 62.0. The first-order valence-corrected chi connectivity index (χ1v) is 19.3. The normalized spacial score (nSPS) is 10.6. The Morgan fingerprint density at radius 2 is 1.02 bits per heavy atom. The lowest BCUT2D eigenvalue weighted by Crippen LogP contribution is -1.90. The van der Waals surface area contributed by atoms with Crippen LogP contribution in [0.1, 0.15) is 29.2 Å². The molecule has 54 heavy (non-hydrogen) atoms. The van der Waals surface area contributed by atoms with Crippen molar-refractivity contribution in [1.82, 2.24) is 0 Å². The summed E-state index contributed by atoms with van der Waals surface area (Å²) in [4.78, 5) is 1.21. The maximum atomic E-state index is 7.85. The molecule has 0 fully saturated rings. The highest BCUT2D eigenvalue weighted by Gasteiger charge is 2.11. The minimum atomic E-state index is 0.929. The molecule has 7 aromatic rings. The van der Waals surface area contributed by atoms with E-state index in [1.165, 1.54) is 61.2 Å². The Bertz CT molecular complexity index is 2250. The fourth-order valence-electron chi connectivity index (χ4n) is 6.38. The second-order valence-corrected chi connectivity index (χ2v) is 13.3. The second kappa shape index (κ2) is 20.1. The van der Waals surface area contributed by atoms with Gasteiger partial charge < -0.3 is 5.41 Å². The third-order valence-corrected chi connectivity index (χ3v) is 9.99. The summed E-state index contributed by atoms with van der Waals surface area (Å²) >= 11 is 1.73. The zero-order chi connectivity index (χ0) is 38.1. The highest BCUT2D eigenvalue weighted by atomic mass is 32.2. The maximum Gasteiger partial charge on any atom is 0.0256 e. The number of rotatable bonds is 10. The lowest BCUT2D eigenvalue weighted by atomic mass is 9.94. The number of hydrogen-bond donors (Lipinski definition) is 1. The van der Waals surface area contributed by atoms with Crippen LogP contribution in [-0.2, 0) is 6.42 Å². The van der Waals surface area contributed by atoms with Gasteiger partial charge in [-0.3, -0.25) is 0 Å². The molecule has 0 aromatic heterocycles. The number of hydrogen-bond acceptors (Lipinski definition) is 2. The molecule has 1 N–H and O–H groups in total. The third kappa shape index (κ3) is 10.0. The average molecular weight is 718 g/mol. The van der Waals surface area contributed by atoms with E-state index in [4.69, 9.17) is 5.41 Å². The molecule has 1 nitrogen and oxygen atoms in total. The summed E-state index contributed by atoms with van der Waals surface area (Å²) in [5.41, 5.74) is 15.4. The monoisotopic (exact) mass is 717 g/mol. The standard InChI is InChI=1S/C37H31NS.C13H12.C2H4/c1-4-26(5-2)31-10-8-11-32(23-31)29-17-13-27(14-18-29)28-15-19-30(20-16-28)33-21-22-37(39-3)36(24-33)35-12-7-6-9-34(35)25-38;1-3-7-12(8-4-1)11-13-9-5-2-6-10-13;1-2/h4-25,38H,1H2,2-3H3;1-10H,11H2;1-2H2/b26-5+,38-25?;;. The van der Waals surface area contributed by atoms with Crippen molar-refractivity contribution in [2.75, 3.05) is 6.26 Å². The van der Waals surface area contributed by atoms with Gasteiger partial charge in [0, 0.05) is 11.1 Å². The summed E-state index contributed by atoms with van der Waals surface area (Å²) in [6.45, 7) is 12.0. The first-order chi connectivity index (χ1) is 26.6. The van der Waals surface area contributed by atoms with Crippen LogP contribution in [-0.4, -0.2) is 12.5 Å². The number of nitrogens with one attached hydrogen (secondary N) is 1. The van der Waals surface area contributed by atoms with Gasteiger partial charge in [0.15, 0.2) is 0 Å². The minimum Gasteiger partial charge on any atom is -0.308 e. The van der Waals surface area contributed by atoms with E-state index in [2.05, 4.69) is 190 Å².